The van der Waals surface area contributed by atoms with Gasteiger partial charge in [-0.1, -0.05) is 6.92 Å². The molecule has 4 nitrogen and oxygen atoms in total. The number of hydrogen-bond donors (Lipinski definition) is 0. The molecule has 0 aromatic carbocycles. The summed E-state index contributed by atoms with van der Waals surface area (Å²) in [5, 5.41) is 0. The number of carbonyl (C=O) groups excluding carboxylic acids is 1. The van der Waals surface area contributed by atoms with E-state index in [1.54, 1.807) is 0 Å². The highest BCUT2D eigenvalue weighted by molar-refractivity contribution is 5.95. The van der Waals surface area contributed by atoms with Crippen LogP contribution in [0.4, 0.5) is 0 Å². The van der Waals surface area contributed by atoms with Gasteiger partial charge in [0.1, 0.15) is 5.82 Å². The van der Waals surface area contributed by atoms with Crippen molar-refractivity contribution in [3.8, 4) is 5.88 Å². The molecule has 0 fully saturated rings. The summed E-state index contributed by atoms with van der Waals surface area (Å²) in [6, 6.07) is 0. The minimum atomic E-state index is -0.0731. The zero-order valence-electron chi connectivity index (χ0n) is 8.70. The van der Waals surface area contributed by atoms with Gasteiger partial charge in [-0.05, 0) is 13.8 Å². The molecule has 0 aliphatic heterocycles. The van der Waals surface area contributed by atoms with Crippen molar-refractivity contribution in [3.05, 3.63) is 17.6 Å². The van der Waals surface area contributed by atoms with E-state index in [4.69, 9.17) is 4.74 Å². The SMILES string of the molecule is CCOc1nc(CC)ncc1C(C)=O. The number of hydrogen-bond acceptors (Lipinski definition) is 4. The Morgan fingerprint density at radius 2 is 2.21 bits per heavy atom. The number of ketones is 1. The van der Waals surface area contributed by atoms with Gasteiger partial charge in [-0.3, -0.25) is 4.79 Å². The van der Waals surface area contributed by atoms with E-state index in [-0.39, 0.29) is 5.78 Å². The molecule has 0 unspecified atom stereocenters. The normalized spacial score (nSPS) is 9.93. The number of ether oxygens (including phenoxy) is 1. The lowest BCUT2D eigenvalue weighted by Crippen LogP contribution is -2.06. The van der Waals surface area contributed by atoms with Crippen molar-refractivity contribution in [2.75, 3.05) is 6.61 Å². The highest BCUT2D eigenvalue weighted by Crippen LogP contribution is 2.15. The first kappa shape index (κ1) is 10.6. The molecule has 0 radical (unpaired) electrons. The highest BCUT2D eigenvalue weighted by atomic mass is 16.5. The van der Waals surface area contributed by atoms with Crippen LogP contribution in [0.25, 0.3) is 0 Å². The van der Waals surface area contributed by atoms with Crippen molar-refractivity contribution in [2.45, 2.75) is 27.2 Å². The Hall–Kier alpha value is -1.45. The minimum Gasteiger partial charge on any atom is -0.477 e. The van der Waals surface area contributed by atoms with Crippen LogP contribution < -0.4 is 4.74 Å². The summed E-state index contributed by atoms with van der Waals surface area (Å²) in [7, 11) is 0. The Morgan fingerprint density at radius 1 is 1.50 bits per heavy atom. The van der Waals surface area contributed by atoms with Gasteiger partial charge in [0.05, 0.1) is 12.2 Å². The second kappa shape index (κ2) is 4.69. The number of rotatable bonds is 4. The molecule has 76 valence electrons. The maximum absolute atomic E-state index is 11.2. The van der Waals surface area contributed by atoms with E-state index in [9.17, 15) is 4.79 Å². The standard InChI is InChI=1S/C10H14N2O2/c1-4-9-11-6-8(7(3)13)10(12-9)14-5-2/h6H,4-5H2,1-3H3. The second-order valence-corrected chi connectivity index (χ2v) is 2.85. The highest BCUT2D eigenvalue weighted by Gasteiger charge is 2.11. The van der Waals surface area contributed by atoms with Crippen molar-refractivity contribution in [2.24, 2.45) is 0 Å². The van der Waals surface area contributed by atoms with E-state index in [1.165, 1.54) is 13.1 Å². The van der Waals surface area contributed by atoms with Gasteiger partial charge in [-0.2, -0.15) is 4.98 Å². The Kier molecular flexibility index (Phi) is 3.56. The largest absolute Gasteiger partial charge is 0.477 e. The van der Waals surface area contributed by atoms with Gasteiger partial charge in [0.2, 0.25) is 5.88 Å². The van der Waals surface area contributed by atoms with Crippen molar-refractivity contribution in [3.63, 3.8) is 0 Å². The quantitative estimate of drug-likeness (QED) is 0.684. The fourth-order valence-electron chi connectivity index (χ4n) is 1.06. The van der Waals surface area contributed by atoms with E-state index in [0.717, 1.165) is 6.42 Å². The van der Waals surface area contributed by atoms with Gasteiger partial charge in [-0.15, -0.1) is 0 Å². The van der Waals surface area contributed by atoms with Crippen molar-refractivity contribution in [1.29, 1.82) is 0 Å². The molecule has 4 heteroatoms. The number of aryl methyl sites for hydroxylation is 1. The summed E-state index contributed by atoms with van der Waals surface area (Å²) in [6.07, 6.45) is 2.26. The van der Waals surface area contributed by atoms with Gasteiger partial charge < -0.3 is 4.74 Å². The van der Waals surface area contributed by atoms with Crippen molar-refractivity contribution >= 4 is 5.78 Å². The topological polar surface area (TPSA) is 52.1 Å². The van der Waals surface area contributed by atoms with Crippen LogP contribution in [0, 0.1) is 0 Å². The van der Waals surface area contributed by atoms with Crippen LogP contribution in [0.1, 0.15) is 37.0 Å². The van der Waals surface area contributed by atoms with E-state index in [2.05, 4.69) is 9.97 Å². The number of Topliss-reactive ketones (excluding diaryl/α,β-unsaturated/α-hetero) is 1. The van der Waals surface area contributed by atoms with Gasteiger partial charge in [0.25, 0.3) is 0 Å². The van der Waals surface area contributed by atoms with Gasteiger partial charge >= 0.3 is 0 Å². The Balaban J connectivity index is 3.10. The van der Waals surface area contributed by atoms with E-state index in [1.807, 2.05) is 13.8 Å². The van der Waals surface area contributed by atoms with Crippen LogP contribution in [0.3, 0.4) is 0 Å². The van der Waals surface area contributed by atoms with E-state index in [0.29, 0.717) is 23.9 Å². The summed E-state index contributed by atoms with van der Waals surface area (Å²) >= 11 is 0. The third-order valence-corrected chi connectivity index (χ3v) is 1.78. The minimum absolute atomic E-state index is 0.0731. The van der Waals surface area contributed by atoms with Crippen LogP contribution in [0.2, 0.25) is 0 Å². The first-order valence-corrected chi connectivity index (χ1v) is 4.68. The number of aromatic nitrogens is 2. The zero-order chi connectivity index (χ0) is 10.6. The third-order valence-electron chi connectivity index (χ3n) is 1.78. The molecule has 0 atom stereocenters. The summed E-state index contributed by atoms with van der Waals surface area (Å²) < 4.78 is 5.27. The molecule has 0 aliphatic carbocycles. The average Bonchev–Trinajstić information content (AvgIpc) is 2.17. The fourth-order valence-corrected chi connectivity index (χ4v) is 1.06. The maximum atomic E-state index is 11.2. The van der Waals surface area contributed by atoms with E-state index >= 15 is 0 Å². The molecular formula is C10H14N2O2. The van der Waals surface area contributed by atoms with Crippen LogP contribution >= 0.6 is 0 Å². The first-order chi connectivity index (χ1) is 6.69. The van der Waals surface area contributed by atoms with E-state index < -0.39 is 0 Å². The molecule has 0 amide bonds. The molecule has 1 heterocycles. The molecule has 0 N–H and O–H groups in total. The molecule has 0 aliphatic rings. The summed E-state index contributed by atoms with van der Waals surface area (Å²) in [6.45, 7) is 5.80. The van der Waals surface area contributed by atoms with Gasteiger partial charge in [0.15, 0.2) is 5.78 Å². The predicted molar refractivity (Wildman–Crippen MR) is 52.6 cm³/mol. The lowest BCUT2D eigenvalue weighted by molar-refractivity contribution is 0.101. The average molecular weight is 194 g/mol. The van der Waals surface area contributed by atoms with Crippen molar-refractivity contribution < 1.29 is 9.53 Å². The fraction of sp³-hybridized carbons (Fsp3) is 0.500. The molecule has 0 bridgehead atoms. The molecular weight excluding hydrogens is 180 g/mol. The van der Waals surface area contributed by atoms with Crippen LogP contribution in [0.5, 0.6) is 5.88 Å². The molecule has 1 aromatic heterocycles. The Morgan fingerprint density at radius 3 is 2.71 bits per heavy atom. The monoisotopic (exact) mass is 194 g/mol. The summed E-state index contributed by atoms with van der Waals surface area (Å²) in [5.41, 5.74) is 0.448. The first-order valence-electron chi connectivity index (χ1n) is 4.68. The van der Waals surface area contributed by atoms with Crippen LogP contribution in [-0.4, -0.2) is 22.4 Å². The second-order valence-electron chi connectivity index (χ2n) is 2.85. The molecule has 1 rings (SSSR count). The lowest BCUT2D eigenvalue weighted by Gasteiger charge is -2.06. The molecule has 0 spiro atoms. The van der Waals surface area contributed by atoms with Crippen molar-refractivity contribution in [1.82, 2.24) is 9.97 Å². The Labute approximate surface area is 83.3 Å². The molecule has 0 saturated carbocycles. The predicted octanol–water partition coefficient (Wildman–Crippen LogP) is 1.64. The van der Waals surface area contributed by atoms with Gasteiger partial charge in [-0.25, -0.2) is 4.98 Å². The molecule has 1 aromatic rings. The Bertz CT molecular complexity index is 337. The maximum Gasteiger partial charge on any atom is 0.227 e. The molecule has 14 heavy (non-hydrogen) atoms. The smallest absolute Gasteiger partial charge is 0.227 e. The number of nitrogens with zero attached hydrogens (tertiary/aromatic N) is 2. The zero-order valence-corrected chi connectivity index (χ0v) is 8.70. The number of carbonyl (C=O) groups is 1. The van der Waals surface area contributed by atoms with Crippen LogP contribution in [0.15, 0.2) is 6.20 Å². The summed E-state index contributed by atoms with van der Waals surface area (Å²) in [5.74, 6) is 1.02. The third kappa shape index (κ3) is 2.28. The summed E-state index contributed by atoms with van der Waals surface area (Å²) in [4.78, 5) is 19.4. The molecule has 0 saturated heterocycles. The van der Waals surface area contributed by atoms with Crippen LogP contribution in [-0.2, 0) is 6.42 Å². The van der Waals surface area contributed by atoms with Gasteiger partial charge in [0, 0.05) is 12.6 Å². The lowest BCUT2D eigenvalue weighted by atomic mass is 10.2.